The van der Waals surface area contributed by atoms with E-state index in [0.717, 1.165) is 37.4 Å². The van der Waals surface area contributed by atoms with Gasteiger partial charge in [0.25, 0.3) is 0 Å². The summed E-state index contributed by atoms with van der Waals surface area (Å²) in [7, 11) is 4.08. The highest BCUT2D eigenvalue weighted by Gasteiger charge is 2.35. The molecule has 1 aliphatic carbocycles. The largest absolute Gasteiger partial charge is 0.352 e. The Balaban J connectivity index is 0.00000243. The van der Waals surface area contributed by atoms with E-state index in [1.54, 1.807) is 0 Å². The van der Waals surface area contributed by atoms with Crippen LogP contribution in [0.1, 0.15) is 43.7 Å². The summed E-state index contributed by atoms with van der Waals surface area (Å²) in [5.41, 5.74) is 2.71. The fraction of sp³-hybridized carbons (Fsp3) is 0.667. The van der Waals surface area contributed by atoms with Crippen molar-refractivity contribution in [2.45, 2.75) is 45.7 Å². The second kappa shape index (κ2) is 10.5. The van der Waals surface area contributed by atoms with Crippen molar-refractivity contribution in [3.63, 3.8) is 0 Å². The number of fused-ring (bicyclic) bond motifs is 1. The Kier molecular flexibility index (Phi) is 8.67. The smallest absolute Gasteiger partial charge is 0.193 e. The molecule has 0 aromatic heterocycles. The molecule has 1 heterocycles. The van der Waals surface area contributed by atoms with Gasteiger partial charge in [-0.25, -0.2) is 0 Å². The van der Waals surface area contributed by atoms with Crippen molar-refractivity contribution in [3.05, 3.63) is 35.4 Å². The summed E-state index contributed by atoms with van der Waals surface area (Å²) in [4.78, 5) is 9.36. The van der Waals surface area contributed by atoms with Crippen molar-refractivity contribution in [3.8, 4) is 0 Å². The van der Waals surface area contributed by atoms with Crippen LogP contribution in [0.4, 0.5) is 0 Å². The molecule has 1 N–H and O–H groups in total. The van der Waals surface area contributed by atoms with Gasteiger partial charge < -0.3 is 15.1 Å². The molecule has 0 spiro atoms. The molecule has 0 amide bonds. The van der Waals surface area contributed by atoms with Crippen LogP contribution in [0.2, 0.25) is 0 Å². The normalized spacial score (nSPS) is 22.9. The van der Waals surface area contributed by atoms with E-state index < -0.39 is 0 Å². The average molecular weight is 470 g/mol. The molecule has 1 aliphatic heterocycles. The number of halogens is 1. The van der Waals surface area contributed by atoms with Crippen LogP contribution in [0.25, 0.3) is 0 Å². The third-order valence-electron chi connectivity index (χ3n) is 5.92. The fourth-order valence-electron chi connectivity index (χ4n) is 4.35. The summed E-state index contributed by atoms with van der Waals surface area (Å²) in [5.74, 6) is 2.85. The molecule has 2 atom stereocenters. The quantitative estimate of drug-likeness (QED) is 0.402. The maximum absolute atomic E-state index is 4.55. The summed E-state index contributed by atoms with van der Waals surface area (Å²) in [6.45, 7) is 7.50. The Bertz CT molecular complexity index is 575. The molecular weight excluding hydrogens is 435 g/mol. The van der Waals surface area contributed by atoms with Gasteiger partial charge in [-0.15, -0.1) is 24.0 Å². The summed E-state index contributed by atoms with van der Waals surface area (Å²) in [6, 6.07) is 8.91. The van der Waals surface area contributed by atoms with E-state index in [-0.39, 0.29) is 24.0 Å². The van der Waals surface area contributed by atoms with Crippen molar-refractivity contribution >= 4 is 29.9 Å². The van der Waals surface area contributed by atoms with E-state index in [4.69, 9.17) is 0 Å². The number of nitrogens with zero attached hydrogens (tertiary/aromatic N) is 3. The highest BCUT2D eigenvalue weighted by Crippen LogP contribution is 2.35. The van der Waals surface area contributed by atoms with Crippen molar-refractivity contribution < 1.29 is 0 Å². The molecule has 1 aromatic carbocycles. The maximum Gasteiger partial charge on any atom is 0.193 e. The van der Waals surface area contributed by atoms with Crippen LogP contribution in [0.5, 0.6) is 0 Å². The molecule has 0 radical (unpaired) electrons. The molecule has 1 aromatic rings. The highest BCUT2D eigenvalue weighted by atomic mass is 127. The minimum Gasteiger partial charge on any atom is -0.352 e. The lowest BCUT2D eigenvalue weighted by Gasteiger charge is -2.22. The van der Waals surface area contributed by atoms with Crippen molar-refractivity contribution in [2.75, 3.05) is 33.7 Å². The van der Waals surface area contributed by atoms with E-state index in [2.05, 4.69) is 58.3 Å². The van der Waals surface area contributed by atoms with Crippen LogP contribution in [-0.2, 0) is 13.1 Å². The third kappa shape index (κ3) is 5.59. The van der Waals surface area contributed by atoms with Gasteiger partial charge in [0.15, 0.2) is 5.96 Å². The van der Waals surface area contributed by atoms with Crippen molar-refractivity contribution in [1.29, 1.82) is 0 Å². The Morgan fingerprint density at radius 3 is 2.46 bits per heavy atom. The van der Waals surface area contributed by atoms with E-state index in [1.807, 2.05) is 7.05 Å². The Morgan fingerprint density at radius 1 is 1.19 bits per heavy atom. The first-order valence-electron chi connectivity index (χ1n) is 9.91. The molecule has 0 bridgehead atoms. The molecule has 4 nitrogen and oxygen atoms in total. The molecule has 1 saturated carbocycles. The van der Waals surface area contributed by atoms with Gasteiger partial charge in [-0.3, -0.25) is 4.99 Å². The number of hydrogen-bond donors (Lipinski definition) is 1. The van der Waals surface area contributed by atoms with Gasteiger partial charge in [-0.05, 0) is 49.4 Å². The van der Waals surface area contributed by atoms with Gasteiger partial charge in [-0.1, -0.05) is 44.0 Å². The lowest BCUT2D eigenvalue weighted by atomic mass is 9.82. The second-order valence-corrected chi connectivity index (χ2v) is 7.76. The lowest BCUT2D eigenvalue weighted by molar-refractivity contribution is 0.299. The van der Waals surface area contributed by atoms with E-state index in [9.17, 15) is 0 Å². The van der Waals surface area contributed by atoms with Crippen LogP contribution in [0.15, 0.2) is 29.3 Å². The molecule has 3 rings (SSSR count). The first kappa shape index (κ1) is 21.5. The molecular formula is C21H35IN4. The molecule has 5 heteroatoms. The molecule has 2 unspecified atom stereocenters. The van der Waals surface area contributed by atoms with Crippen LogP contribution in [0, 0.1) is 11.8 Å². The molecule has 1 saturated heterocycles. The van der Waals surface area contributed by atoms with E-state index in [1.165, 1.54) is 49.9 Å². The van der Waals surface area contributed by atoms with E-state index >= 15 is 0 Å². The number of aliphatic imine (C=N–C) groups is 1. The van der Waals surface area contributed by atoms with E-state index in [0.29, 0.717) is 0 Å². The zero-order valence-corrected chi connectivity index (χ0v) is 18.9. The van der Waals surface area contributed by atoms with Gasteiger partial charge >= 0.3 is 0 Å². The summed E-state index contributed by atoms with van der Waals surface area (Å²) in [6.07, 6.45) is 5.65. The number of guanidine groups is 1. The predicted octanol–water partition coefficient (Wildman–Crippen LogP) is 3.95. The number of benzene rings is 1. The van der Waals surface area contributed by atoms with Crippen LogP contribution >= 0.6 is 24.0 Å². The number of hydrogen-bond acceptors (Lipinski definition) is 2. The first-order chi connectivity index (χ1) is 12.2. The topological polar surface area (TPSA) is 30.9 Å². The predicted molar refractivity (Wildman–Crippen MR) is 121 cm³/mol. The summed E-state index contributed by atoms with van der Waals surface area (Å²) < 4.78 is 0. The number of likely N-dealkylation sites (tertiary alicyclic amines) is 1. The second-order valence-electron chi connectivity index (χ2n) is 7.76. The zero-order valence-electron chi connectivity index (χ0n) is 16.6. The van der Waals surface area contributed by atoms with Crippen LogP contribution < -0.4 is 5.32 Å². The van der Waals surface area contributed by atoms with Crippen molar-refractivity contribution in [2.24, 2.45) is 16.8 Å². The number of rotatable bonds is 5. The summed E-state index contributed by atoms with van der Waals surface area (Å²) >= 11 is 0. The zero-order chi connectivity index (χ0) is 17.6. The van der Waals surface area contributed by atoms with Crippen LogP contribution in [0.3, 0.4) is 0 Å². The van der Waals surface area contributed by atoms with Gasteiger partial charge in [0, 0.05) is 33.2 Å². The monoisotopic (exact) mass is 470 g/mol. The standard InChI is InChI=1S/C21H34N4.HI/c1-4-24(3)14-18-9-7-8-17(12-18)13-23-21(22-2)25-15-19-10-5-6-11-20(19)16-25;/h7-9,12,19-20H,4-6,10-11,13-16H2,1-3H3,(H,22,23);1H. The minimum atomic E-state index is 0. The third-order valence-corrected chi connectivity index (χ3v) is 5.92. The molecule has 146 valence electrons. The molecule has 2 fully saturated rings. The Morgan fingerprint density at radius 2 is 1.85 bits per heavy atom. The van der Waals surface area contributed by atoms with Gasteiger partial charge in [0.1, 0.15) is 0 Å². The van der Waals surface area contributed by atoms with Gasteiger partial charge in [-0.2, -0.15) is 0 Å². The maximum atomic E-state index is 4.55. The molecule has 2 aliphatic rings. The van der Waals surface area contributed by atoms with Gasteiger partial charge in [0.2, 0.25) is 0 Å². The Labute approximate surface area is 176 Å². The summed E-state index contributed by atoms with van der Waals surface area (Å²) in [5, 5.41) is 3.59. The highest BCUT2D eigenvalue weighted by molar-refractivity contribution is 14.0. The van der Waals surface area contributed by atoms with Gasteiger partial charge in [0.05, 0.1) is 0 Å². The van der Waals surface area contributed by atoms with Crippen LogP contribution in [-0.4, -0.2) is 49.5 Å². The fourth-order valence-corrected chi connectivity index (χ4v) is 4.35. The first-order valence-corrected chi connectivity index (χ1v) is 9.91. The number of nitrogens with one attached hydrogen (secondary N) is 1. The SMILES string of the molecule is CCN(C)Cc1cccc(CNC(=NC)N2CC3CCCCC3C2)c1.I. The minimum absolute atomic E-state index is 0. The lowest BCUT2D eigenvalue weighted by Crippen LogP contribution is -2.39. The average Bonchev–Trinajstić information content (AvgIpc) is 3.06. The van der Waals surface area contributed by atoms with Crippen molar-refractivity contribution in [1.82, 2.24) is 15.1 Å². The Hall–Kier alpha value is -0.820. The molecule has 26 heavy (non-hydrogen) atoms.